The number of anilines is 1. The van der Waals surface area contributed by atoms with Crippen LogP contribution in [0.3, 0.4) is 0 Å². The molecule has 0 radical (unpaired) electrons. The summed E-state index contributed by atoms with van der Waals surface area (Å²) in [5, 5.41) is 13.4. The van der Waals surface area contributed by atoms with Crippen LogP contribution in [0, 0.1) is 5.92 Å². The first-order valence-corrected chi connectivity index (χ1v) is 6.24. The van der Waals surface area contributed by atoms with Crippen molar-refractivity contribution in [2.24, 2.45) is 11.0 Å². The summed E-state index contributed by atoms with van der Waals surface area (Å²) in [6, 6.07) is 5.05. The fraction of sp³-hybridized carbons (Fsp3) is 0.417. The SMILES string of the molecule is [N-]=[N+]=NCC1CC(=O)N(c2ccc(Cl)cc2CO)C1. The quantitative estimate of drug-likeness (QED) is 0.521. The van der Waals surface area contributed by atoms with E-state index in [0.29, 0.717) is 35.8 Å². The van der Waals surface area contributed by atoms with E-state index in [1.165, 1.54) is 0 Å². The van der Waals surface area contributed by atoms with Crippen LogP contribution in [0.25, 0.3) is 10.4 Å². The van der Waals surface area contributed by atoms with Gasteiger partial charge in [0.05, 0.1) is 6.61 Å². The lowest BCUT2D eigenvalue weighted by Gasteiger charge is -2.19. The van der Waals surface area contributed by atoms with Crippen LogP contribution in [-0.4, -0.2) is 24.1 Å². The van der Waals surface area contributed by atoms with Crippen molar-refractivity contribution in [2.75, 3.05) is 18.0 Å². The van der Waals surface area contributed by atoms with Gasteiger partial charge in [0.15, 0.2) is 0 Å². The Morgan fingerprint density at radius 1 is 1.58 bits per heavy atom. The monoisotopic (exact) mass is 280 g/mol. The molecule has 2 rings (SSSR count). The predicted molar refractivity (Wildman–Crippen MR) is 71.8 cm³/mol. The maximum Gasteiger partial charge on any atom is 0.227 e. The summed E-state index contributed by atoms with van der Waals surface area (Å²) in [4.78, 5) is 16.3. The summed E-state index contributed by atoms with van der Waals surface area (Å²) in [5.74, 6) is -0.0132. The van der Waals surface area contributed by atoms with Crippen LogP contribution in [0.2, 0.25) is 5.02 Å². The lowest BCUT2D eigenvalue weighted by molar-refractivity contribution is -0.117. The minimum atomic E-state index is -0.180. The molecule has 1 aliphatic rings. The average Bonchev–Trinajstić information content (AvgIpc) is 2.77. The standard InChI is InChI=1S/C12H13ClN4O2/c13-10-1-2-11(9(4-10)7-18)17-6-8(3-12(17)19)5-15-16-14/h1-2,4,8,18H,3,5-7H2. The fourth-order valence-electron chi connectivity index (χ4n) is 2.23. The number of aliphatic hydroxyl groups excluding tert-OH is 1. The first-order chi connectivity index (χ1) is 9.15. The largest absolute Gasteiger partial charge is 0.392 e. The molecule has 0 bridgehead atoms. The number of azide groups is 1. The molecule has 1 aromatic rings. The summed E-state index contributed by atoms with van der Waals surface area (Å²) in [6.07, 6.45) is 0.354. The molecule has 19 heavy (non-hydrogen) atoms. The van der Waals surface area contributed by atoms with Crippen molar-refractivity contribution in [3.63, 3.8) is 0 Å². The van der Waals surface area contributed by atoms with Gasteiger partial charge in [0.25, 0.3) is 0 Å². The van der Waals surface area contributed by atoms with Gasteiger partial charge in [-0.2, -0.15) is 0 Å². The lowest BCUT2D eigenvalue weighted by Crippen LogP contribution is -2.26. The van der Waals surface area contributed by atoms with Gasteiger partial charge in [0, 0.05) is 40.7 Å². The molecule has 0 saturated carbocycles. The van der Waals surface area contributed by atoms with E-state index in [4.69, 9.17) is 17.1 Å². The first kappa shape index (κ1) is 13.7. The molecule has 100 valence electrons. The number of nitrogens with zero attached hydrogens (tertiary/aromatic N) is 4. The minimum Gasteiger partial charge on any atom is -0.392 e. The molecular weight excluding hydrogens is 268 g/mol. The third kappa shape index (κ3) is 2.98. The van der Waals surface area contributed by atoms with E-state index in [2.05, 4.69) is 10.0 Å². The van der Waals surface area contributed by atoms with E-state index in [9.17, 15) is 9.90 Å². The lowest BCUT2D eigenvalue weighted by atomic mass is 10.1. The van der Waals surface area contributed by atoms with Gasteiger partial charge in [-0.05, 0) is 29.6 Å². The Labute approximate surface area is 115 Å². The van der Waals surface area contributed by atoms with Gasteiger partial charge in [-0.3, -0.25) is 4.79 Å². The highest BCUT2D eigenvalue weighted by Crippen LogP contribution is 2.30. The molecule has 1 saturated heterocycles. The second-order valence-corrected chi connectivity index (χ2v) is 4.86. The van der Waals surface area contributed by atoms with Gasteiger partial charge in [-0.15, -0.1) is 0 Å². The molecule has 1 amide bonds. The smallest absolute Gasteiger partial charge is 0.227 e. The zero-order valence-corrected chi connectivity index (χ0v) is 10.9. The predicted octanol–water partition coefficient (Wildman–Crippen LogP) is 2.50. The van der Waals surface area contributed by atoms with Crippen LogP contribution in [0.15, 0.2) is 23.3 Å². The maximum absolute atomic E-state index is 12.0. The number of aliphatic hydroxyl groups is 1. The van der Waals surface area contributed by atoms with Crippen molar-refractivity contribution in [3.05, 3.63) is 39.2 Å². The Kier molecular flexibility index (Phi) is 4.27. The number of amides is 1. The van der Waals surface area contributed by atoms with Gasteiger partial charge >= 0.3 is 0 Å². The highest BCUT2D eigenvalue weighted by atomic mass is 35.5. The van der Waals surface area contributed by atoms with Crippen LogP contribution in [0.4, 0.5) is 5.69 Å². The number of hydrogen-bond donors (Lipinski definition) is 1. The second-order valence-electron chi connectivity index (χ2n) is 4.42. The van der Waals surface area contributed by atoms with E-state index in [1.807, 2.05) is 0 Å². The van der Waals surface area contributed by atoms with Crippen molar-refractivity contribution in [1.29, 1.82) is 0 Å². The number of benzene rings is 1. The summed E-state index contributed by atoms with van der Waals surface area (Å²) in [6.45, 7) is 0.619. The zero-order valence-electron chi connectivity index (χ0n) is 10.2. The maximum atomic E-state index is 12.0. The van der Waals surface area contributed by atoms with Gasteiger partial charge in [-0.1, -0.05) is 16.7 Å². The van der Waals surface area contributed by atoms with Crippen molar-refractivity contribution in [1.82, 2.24) is 0 Å². The summed E-state index contributed by atoms with van der Waals surface area (Å²) in [5.41, 5.74) is 9.58. The van der Waals surface area contributed by atoms with Gasteiger partial charge < -0.3 is 10.0 Å². The highest BCUT2D eigenvalue weighted by Gasteiger charge is 2.31. The molecule has 6 nitrogen and oxygen atoms in total. The molecule has 1 atom stereocenters. The third-order valence-corrected chi connectivity index (χ3v) is 3.35. The van der Waals surface area contributed by atoms with Crippen molar-refractivity contribution < 1.29 is 9.90 Å². The molecule has 0 spiro atoms. The van der Waals surface area contributed by atoms with Crippen molar-refractivity contribution in [2.45, 2.75) is 13.0 Å². The fourth-order valence-corrected chi connectivity index (χ4v) is 2.43. The Morgan fingerprint density at radius 3 is 3.05 bits per heavy atom. The van der Waals surface area contributed by atoms with E-state index in [0.717, 1.165) is 0 Å². The van der Waals surface area contributed by atoms with E-state index >= 15 is 0 Å². The Balaban J connectivity index is 2.22. The molecule has 1 fully saturated rings. The van der Waals surface area contributed by atoms with Crippen molar-refractivity contribution >= 4 is 23.2 Å². The van der Waals surface area contributed by atoms with Crippen LogP contribution >= 0.6 is 11.6 Å². The minimum absolute atomic E-state index is 0.0191. The van der Waals surface area contributed by atoms with Crippen LogP contribution in [0.1, 0.15) is 12.0 Å². The Morgan fingerprint density at radius 2 is 2.37 bits per heavy atom. The molecule has 1 heterocycles. The molecule has 0 aliphatic carbocycles. The van der Waals surface area contributed by atoms with Gasteiger partial charge in [0.1, 0.15) is 0 Å². The molecule has 1 unspecified atom stereocenters. The zero-order chi connectivity index (χ0) is 13.8. The average molecular weight is 281 g/mol. The first-order valence-electron chi connectivity index (χ1n) is 5.86. The van der Waals surface area contributed by atoms with Gasteiger partial charge in [-0.25, -0.2) is 0 Å². The Hall–Kier alpha value is -1.75. The number of carbonyl (C=O) groups excluding carboxylic acids is 1. The van der Waals surface area contributed by atoms with Crippen LogP contribution in [-0.2, 0) is 11.4 Å². The topological polar surface area (TPSA) is 89.3 Å². The normalized spacial score (nSPS) is 18.5. The summed E-state index contributed by atoms with van der Waals surface area (Å²) >= 11 is 5.87. The van der Waals surface area contributed by atoms with E-state index in [-0.39, 0.29) is 18.4 Å². The number of hydrogen-bond acceptors (Lipinski definition) is 3. The van der Waals surface area contributed by atoms with Crippen LogP contribution < -0.4 is 4.90 Å². The number of carbonyl (C=O) groups is 1. The van der Waals surface area contributed by atoms with Gasteiger partial charge in [0.2, 0.25) is 5.91 Å². The molecule has 0 aromatic heterocycles. The molecule has 7 heteroatoms. The van der Waals surface area contributed by atoms with Crippen molar-refractivity contribution in [3.8, 4) is 0 Å². The number of halogens is 1. The molecule has 1 aliphatic heterocycles. The van der Waals surface area contributed by atoms with E-state index < -0.39 is 0 Å². The molecular formula is C12H13ClN4O2. The third-order valence-electron chi connectivity index (χ3n) is 3.11. The summed E-state index contributed by atoms with van der Waals surface area (Å²) in [7, 11) is 0. The number of rotatable bonds is 4. The highest BCUT2D eigenvalue weighted by molar-refractivity contribution is 6.30. The van der Waals surface area contributed by atoms with Crippen LogP contribution in [0.5, 0.6) is 0 Å². The Bertz CT molecular complexity index is 543. The summed E-state index contributed by atoms with van der Waals surface area (Å²) < 4.78 is 0. The van der Waals surface area contributed by atoms with E-state index in [1.54, 1.807) is 23.1 Å². The molecule has 1 N–H and O–H groups in total. The second kappa shape index (κ2) is 5.93. The molecule has 1 aromatic carbocycles.